The van der Waals surface area contributed by atoms with Gasteiger partial charge >= 0.3 is 11.5 Å². The molecule has 14 heteroatoms. The maximum atomic E-state index is 13.3. The fourth-order valence-electron chi connectivity index (χ4n) is 4.01. The minimum atomic E-state index is -5.59. The number of carbonyl (C=O) groups excluding carboxylic acids is 3. The van der Waals surface area contributed by atoms with Crippen LogP contribution in [0.5, 0.6) is 0 Å². The third-order valence-corrected chi connectivity index (χ3v) is 7.84. The number of nitrogens with one attached hydrogen (secondary N) is 1. The van der Waals surface area contributed by atoms with Gasteiger partial charge in [0.25, 0.3) is 21.7 Å². The Morgan fingerprint density at radius 2 is 1.69 bits per heavy atom. The highest BCUT2D eigenvalue weighted by molar-refractivity contribution is 7.92. The number of halogens is 4. The second kappa shape index (κ2) is 9.97. The van der Waals surface area contributed by atoms with Crippen LogP contribution in [0.1, 0.15) is 23.0 Å². The van der Waals surface area contributed by atoms with Crippen LogP contribution in [0, 0.1) is 0 Å². The molecule has 1 atom stereocenters. The summed E-state index contributed by atoms with van der Waals surface area (Å²) in [7, 11) is -4.03. The van der Waals surface area contributed by atoms with Gasteiger partial charge in [-0.25, -0.2) is 18.1 Å². The van der Waals surface area contributed by atoms with Crippen LogP contribution in [0.15, 0.2) is 71.8 Å². The summed E-state index contributed by atoms with van der Waals surface area (Å²) in [4.78, 5) is 44.1. The Labute approximate surface area is 226 Å². The Hall–Kier alpha value is -3.97. The number of carbonyl (C=O) groups is 3. The van der Waals surface area contributed by atoms with Crippen LogP contribution in [0.3, 0.4) is 0 Å². The number of amides is 4. The molecule has 0 radical (unpaired) electrons. The van der Waals surface area contributed by atoms with E-state index in [1.807, 2.05) is 0 Å². The summed E-state index contributed by atoms with van der Waals surface area (Å²) >= 11 is 5.90. The molecule has 0 aliphatic carbocycles. The van der Waals surface area contributed by atoms with Crippen LogP contribution in [-0.4, -0.2) is 49.3 Å². The molecular weight excluding hydrogens is 561 g/mol. The SMILES string of the molecule is CN(C(=O)c1cc(CC2(C)NC(=O)N(c3ccc(S(=O)(=O)C(F)(F)F)cc3)C2=O)ccn1)c1ccc(Cl)cc1. The molecule has 1 aliphatic heterocycles. The standard InChI is InChI=1S/C25H20ClF3N4O5S/c1-24(14-15-11-12-30-20(13-15)21(34)32(2)17-5-3-16(26)4-6-17)22(35)33(23(36)31-24)18-7-9-19(10-8-18)39(37,38)25(27,28)29/h3-13H,14H2,1-2H3,(H,31,36). The lowest BCUT2D eigenvalue weighted by atomic mass is 9.92. The van der Waals surface area contributed by atoms with Crippen molar-refractivity contribution in [3.63, 3.8) is 0 Å². The number of hydrogen-bond donors (Lipinski definition) is 1. The van der Waals surface area contributed by atoms with E-state index in [-0.39, 0.29) is 17.8 Å². The zero-order chi connectivity index (χ0) is 28.8. The molecule has 39 heavy (non-hydrogen) atoms. The van der Waals surface area contributed by atoms with Gasteiger partial charge in [-0.05, 0) is 73.2 Å². The normalized spacial score (nSPS) is 17.7. The zero-order valence-corrected chi connectivity index (χ0v) is 21.9. The first kappa shape index (κ1) is 28.0. The number of hydrogen-bond acceptors (Lipinski definition) is 6. The monoisotopic (exact) mass is 580 g/mol. The van der Waals surface area contributed by atoms with Crippen LogP contribution in [0.2, 0.25) is 5.02 Å². The number of rotatable bonds is 6. The van der Waals surface area contributed by atoms with Crippen LogP contribution in [0.25, 0.3) is 0 Å². The highest BCUT2D eigenvalue weighted by Crippen LogP contribution is 2.33. The van der Waals surface area contributed by atoms with Gasteiger partial charge in [-0.15, -0.1) is 0 Å². The Morgan fingerprint density at radius 1 is 1.08 bits per heavy atom. The van der Waals surface area contributed by atoms with Gasteiger partial charge in [-0.3, -0.25) is 14.6 Å². The van der Waals surface area contributed by atoms with Crippen LogP contribution in [0.4, 0.5) is 29.3 Å². The summed E-state index contributed by atoms with van der Waals surface area (Å²) in [6.45, 7) is 1.46. The Morgan fingerprint density at radius 3 is 2.28 bits per heavy atom. The largest absolute Gasteiger partial charge is 0.501 e. The fourth-order valence-corrected chi connectivity index (χ4v) is 4.90. The van der Waals surface area contributed by atoms with Crippen molar-refractivity contribution in [1.82, 2.24) is 10.3 Å². The van der Waals surface area contributed by atoms with Gasteiger partial charge in [0.2, 0.25) is 0 Å². The molecule has 2 aromatic carbocycles. The van der Waals surface area contributed by atoms with Crippen molar-refractivity contribution in [2.45, 2.75) is 29.3 Å². The Balaban J connectivity index is 1.54. The maximum absolute atomic E-state index is 13.3. The van der Waals surface area contributed by atoms with Crippen LogP contribution in [-0.2, 0) is 21.1 Å². The maximum Gasteiger partial charge on any atom is 0.501 e. The number of benzene rings is 2. The van der Waals surface area contributed by atoms with Crippen molar-refractivity contribution < 1.29 is 36.0 Å². The van der Waals surface area contributed by atoms with E-state index in [1.165, 1.54) is 24.1 Å². The lowest BCUT2D eigenvalue weighted by Gasteiger charge is -2.22. The summed E-state index contributed by atoms with van der Waals surface area (Å²) < 4.78 is 61.7. The molecular formula is C25H20ClF3N4O5S. The molecule has 1 saturated heterocycles. The summed E-state index contributed by atoms with van der Waals surface area (Å²) in [6, 6.07) is 12.0. The molecule has 0 bridgehead atoms. The van der Waals surface area contributed by atoms with Gasteiger partial charge in [-0.2, -0.15) is 13.2 Å². The molecule has 4 amide bonds. The van der Waals surface area contributed by atoms with Crippen molar-refractivity contribution in [2.24, 2.45) is 0 Å². The van der Waals surface area contributed by atoms with Crippen LogP contribution >= 0.6 is 11.6 Å². The average molecular weight is 581 g/mol. The van der Waals surface area contributed by atoms with Gasteiger partial charge in [0.15, 0.2) is 0 Å². The molecule has 1 aliphatic rings. The van der Waals surface area contributed by atoms with E-state index in [2.05, 4.69) is 10.3 Å². The molecule has 3 aromatic rings. The molecule has 1 fully saturated rings. The summed E-state index contributed by atoms with van der Waals surface area (Å²) in [5, 5.41) is 3.07. The van der Waals surface area contributed by atoms with Gasteiger partial charge in [-0.1, -0.05) is 11.6 Å². The second-order valence-corrected chi connectivity index (χ2v) is 11.3. The summed E-state index contributed by atoms with van der Waals surface area (Å²) in [5.41, 5.74) is -5.92. The Bertz CT molecular complexity index is 1560. The van der Waals surface area contributed by atoms with Crippen LogP contribution < -0.4 is 15.1 Å². The van der Waals surface area contributed by atoms with Crippen molar-refractivity contribution in [1.29, 1.82) is 0 Å². The number of urea groups is 1. The van der Waals surface area contributed by atoms with E-state index < -0.39 is 43.6 Å². The van der Waals surface area contributed by atoms with Gasteiger partial charge in [0.05, 0.1) is 10.6 Å². The molecule has 1 unspecified atom stereocenters. The topological polar surface area (TPSA) is 117 Å². The molecule has 204 valence electrons. The van der Waals surface area contributed by atoms with Crippen molar-refractivity contribution >= 4 is 50.7 Å². The second-order valence-electron chi connectivity index (χ2n) is 8.91. The molecule has 1 N–H and O–H groups in total. The van der Waals surface area contributed by atoms with E-state index >= 15 is 0 Å². The quantitative estimate of drug-likeness (QED) is 0.433. The van der Waals surface area contributed by atoms with E-state index in [0.717, 1.165) is 12.1 Å². The van der Waals surface area contributed by atoms with E-state index in [0.29, 0.717) is 33.3 Å². The third-order valence-electron chi connectivity index (χ3n) is 6.09. The van der Waals surface area contributed by atoms with Crippen molar-refractivity contribution in [2.75, 3.05) is 16.8 Å². The van der Waals surface area contributed by atoms with E-state index in [4.69, 9.17) is 11.6 Å². The predicted molar refractivity (Wildman–Crippen MR) is 136 cm³/mol. The smallest absolute Gasteiger partial charge is 0.323 e. The van der Waals surface area contributed by atoms with Crippen molar-refractivity contribution in [3.05, 3.63) is 83.1 Å². The predicted octanol–water partition coefficient (Wildman–Crippen LogP) is 4.36. The van der Waals surface area contributed by atoms with Gasteiger partial charge < -0.3 is 10.2 Å². The number of anilines is 2. The average Bonchev–Trinajstić information content (AvgIpc) is 3.10. The number of sulfone groups is 1. The first-order chi connectivity index (χ1) is 18.1. The van der Waals surface area contributed by atoms with Gasteiger partial charge in [0.1, 0.15) is 11.2 Å². The number of nitrogens with zero attached hydrogens (tertiary/aromatic N) is 3. The highest BCUT2D eigenvalue weighted by Gasteiger charge is 2.49. The first-order valence-corrected chi connectivity index (χ1v) is 13.1. The number of imide groups is 1. The number of alkyl halides is 3. The minimum Gasteiger partial charge on any atom is -0.323 e. The summed E-state index contributed by atoms with van der Waals surface area (Å²) in [5.74, 6) is -1.15. The molecule has 9 nitrogen and oxygen atoms in total. The lowest BCUT2D eigenvalue weighted by Crippen LogP contribution is -2.46. The number of pyridine rings is 1. The Kier molecular flexibility index (Phi) is 7.17. The minimum absolute atomic E-state index is 0.0396. The molecule has 4 rings (SSSR count). The molecule has 0 spiro atoms. The molecule has 1 aromatic heterocycles. The lowest BCUT2D eigenvalue weighted by molar-refractivity contribution is -0.121. The first-order valence-electron chi connectivity index (χ1n) is 11.2. The highest BCUT2D eigenvalue weighted by atomic mass is 35.5. The zero-order valence-electron chi connectivity index (χ0n) is 20.4. The molecule has 2 heterocycles. The third kappa shape index (κ3) is 5.32. The summed E-state index contributed by atoms with van der Waals surface area (Å²) in [6.07, 6.45) is 1.35. The molecule has 0 saturated carbocycles. The number of aromatic nitrogens is 1. The van der Waals surface area contributed by atoms with E-state index in [9.17, 15) is 36.0 Å². The fraction of sp³-hybridized carbons (Fsp3) is 0.200. The van der Waals surface area contributed by atoms with E-state index in [1.54, 1.807) is 37.4 Å². The van der Waals surface area contributed by atoms with Gasteiger partial charge in [0, 0.05) is 30.4 Å². The van der Waals surface area contributed by atoms with Crippen molar-refractivity contribution in [3.8, 4) is 0 Å².